The largest absolute Gasteiger partial charge is 0.493 e. The molecule has 6 heteroatoms. The highest BCUT2D eigenvalue weighted by molar-refractivity contribution is 5.80. The summed E-state index contributed by atoms with van der Waals surface area (Å²) in [6.45, 7) is 5.85. The van der Waals surface area contributed by atoms with Gasteiger partial charge in [0.25, 0.3) is 5.91 Å². The molecule has 1 amide bonds. The van der Waals surface area contributed by atoms with Gasteiger partial charge in [-0.3, -0.25) is 4.79 Å². The number of rotatable bonds is 5. The van der Waals surface area contributed by atoms with Gasteiger partial charge in [0, 0.05) is 13.1 Å². The van der Waals surface area contributed by atoms with Gasteiger partial charge in [-0.05, 0) is 54.9 Å². The first-order chi connectivity index (χ1) is 12.9. The third-order valence-electron chi connectivity index (χ3n) is 5.71. The number of carbonyl (C=O) groups is 1. The van der Waals surface area contributed by atoms with Crippen molar-refractivity contribution in [3.05, 3.63) is 23.3 Å². The fourth-order valence-electron chi connectivity index (χ4n) is 4.25. The number of carbonyl (C=O) groups excluding carboxylic acids is 1. The van der Waals surface area contributed by atoms with Crippen LogP contribution in [0, 0.1) is 5.92 Å². The monoisotopic (exact) mass is 377 g/mol. The lowest BCUT2D eigenvalue weighted by Crippen LogP contribution is -2.50. The van der Waals surface area contributed by atoms with E-state index in [0.717, 1.165) is 30.6 Å². The quantitative estimate of drug-likeness (QED) is 0.854. The number of amides is 1. The van der Waals surface area contributed by atoms with Crippen molar-refractivity contribution in [3.63, 3.8) is 0 Å². The lowest BCUT2D eigenvalue weighted by molar-refractivity contribution is -0.149. The van der Waals surface area contributed by atoms with Gasteiger partial charge in [-0.1, -0.05) is 13.8 Å². The lowest BCUT2D eigenvalue weighted by Gasteiger charge is -2.45. The van der Waals surface area contributed by atoms with Gasteiger partial charge in [0.05, 0.1) is 26.4 Å². The van der Waals surface area contributed by atoms with Crippen LogP contribution in [-0.2, 0) is 21.6 Å². The summed E-state index contributed by atoms with van der Waals surface area (Å²) >= 11 is 0. The number of benzene rings is 1. The molecule has 1 atom stereocenters. The molecule has 0 aromatic heterocycles. The molecular weight excluding hydrogens is 346 g/mol. The second-order valence-corrected chi connectivity index (χ2v) is 7.93. The second-order valence-electron chi connectivity index (χ2n) is 7.93. The van der Waals surface area contributed by atoms with Crippen LogP contribution >= 0.6 is 0 Å². The zero-order chi connectivity index (χ0) is 19.6. The van der Waals surface area contributed by atoms with Crippen molar-refractivity contribution in [2.24, 2.45) is 5.92 Å². The van der Waals surface area contributed by atoms with Crippen LogP contribution in [0.5, 0.6) is 11.5 Å². The molecule has 2 heterocycles. The number of aliphatic hydroxyl groups excluding tert-OH is 1. The zero-order valence-electron chi connectivity index (χ0n) is 16.8. The number of fused-ring (bicyclic) bond motifs is 2. The van der Waals surface area contributed by atoms with Gasteiger partial charge in [-0.2, -0.15) is 0 Å². The van der Waals surface area contributed by atoms with Gasteiger partial charge >= 0.3 is 0 Å². The van der Waals surface area contributed by atoms with Crippen molar-refractivity contribution >= 4 is 5.91 Å². The van der Waals surface area contributed by atoms with Gasteiger partial charge < -0.3 is 24.2 Å². The Morgan fingerprint density at radius 3 is 2.44 bits per heavy atom. The highest BCUT2D eigenvalue weighted by atomic mass is 16.5. The Labute approximate surface area is 161 Å². The number of likely N-dealkylation sites (tertiary alicyclic amines) is 1. The van der Waals surface area contributed by atoms with Gasteiger partial charge in [-0.25, -0.2) is 0 Å². The third kappa shape index (κ3) is 3.92. The van der Waals surface area contributed by atoms with Gasteiger partial charge in [0.1, 0.15) is 6.10 Å². The molecule has 27 heavy (non-hydrogen) atoms. The molecule has 0 radical (unpaired) electrons. The summed E-state index contributed by atoms with van der Waals surface area (Å²) in [4.78, 5) is 14.3. The number of methoxy groups -OCH3 is 2. The molecule has 2 aliphatic rings. The lowest BCUT2D eigenvalue weighted by atomic mass is 9.79. The molecule has 150 valence electrons. The van der Waals surface area contributed by atoms with E-state index in [1.54, 1.807) is 19.1 Å². The summed E-state index contributed by atoms with van der Waals surface area (Å²) in [5.41, 5.74) is 1.96. The maximum atomic E-state index is 12.5. The van der Waals surface area contributed by atoms with Crippen molar-refractivity contribution in [2.75, 3.05) is 33.9 Å². The predicted octanol–water partition coefficient (Wildman–Crippen LogP) is 2.50. The number of nitrogens with zero attached hydrogens (tertiary/aromatic N) is 1. The molecule has 0 bridgehead atoms. The molecule has 3 rings (SSSR count). The summed E-state index contributed by atoms with van der Waals surface area (Å²) in [6.07, 6.45) is 1.86. The molecule has 6 nitrogen and oxygen atoms in total. The second kappa shape index (κ2) is 8.07. The Bertz CT molecular complexity index is 679. The van der Waals surface area contributed by atoms with Crippen LogP contribution in [0.15, 0.2) is 12.1 Å². The smallest absolute Gasteiger partial charge is 0.251 e. The molecule has 1 aromatic carbocycles. The van der Waals surface area contributed by atoms with E-state index in [0.29, 0.717) is 31.9 Å². The predicted molar refractivity (Wildman–Crippen MR) is 102 cm³/mol. The van der Waals surface area contributed by atoms with Crippen LogP contribution in [-0.4, -0.2) is 55.9 Å². The summed E-state index contributed by atoms with van der Waals surface area (Å²) in [6, 6.07) is 4.07. The average Bonchev–Trinajstić information content (AvgIpc) is 2.67. The van der Waals surface area contributed by atoms with Crippen molar-refractivity contribution in [2.45, 2.75) is 51.2 Å². The van der Waals surface area contributed by atoms with Crippen LogP contribution in [0.4, 0.5) is 0 Å². The van der Waals surface area contributed by atoms with Crippen LogP contribution in [0.25, 0.3) is 0 Å². The average molecular weight is 377 g/mol. The number of aliphatic hydroxyl groups is 1. The van der Waals surface area contributed by atoms with E-state index in [2.05, 4.69) is 0 Å². The molecular formula is C21H31NO5. The third-order valence-corrected chi connectivity index (χ3v) is 5.71. The summed E-state index contributed by atoms with van der Waals surface area (Å²) in [7, 11) is 3.28. The normalized spacial score (nSPS) is 19.7. The zero-order valence-corrected chi connectivity index (χ0v) is 16.8. The molecule has 0 aliphatic carbocycles. The summed E-state index contributed by atoms with van der Waals surface area (Å²) in [5, 5.41) is 10.2. The van der Waals surface area contributed by atoms with E-state index in [4.69, 9.17) is 14.2 Å². The molecule has 1 saturated heterocycles. The van der Waals surface area contributed by atoms with Crippen LogP contribution in [0.3, 0.4) is 0 Å². The van der Waals surface area contributed by atoms with Gasteiger partial charge in [0.15, 0.2) is 11.5 Å². The van der Waals surface area contributed by atoms with Crippen molar-refractivity contribution in [1.29, 1.82) is 0 Å². The highest BCUT2D eigenvalue weighted by Gasteiger charge is 2.43. The van der Waals surface area contributed by atoms with Gasteiger partial charge in [-0.15, -0.1) is 0 Å². The first-order valence-corrected chi connectivity index (χ1v) is 9.76. The Morgan fingerprint density at radius 1 is 1.22 bits per heavy atom. The number of ether oxygens (including phenoxy) is 3. The van der Waals surface area contributed by atoms with Crippen LogP contribution in [0.1, 0.15) is 44.2 Å². The van der Waals surface area contributed by atoms with Crippen molar-refractivity contribution in [3.8, 4) is 11.5 Å². The van der Waals surface area contributed by atoms with Gasteiger partial charge in [0.2, 0.25) is 0 Å². The standard InChI is InChI=1S/C21H31NO5/c1-14(2)11-17(23)20(24)22-8-6-21(7-9-22)16-13-19(26-4)18(25-3)12-15(16)5-10-27-21/h12-14,17,23H,5-11H2,1-4H3. The molecule has 2 aliphatic heterocycles. The Balaban J connectivity index is 1.78. The topological polar surface area (TPSA) is 68.2 Å². The Morgan fingerprint density at radius 2 is 1.85 bits per heavy atom. The van der Waals surface area contributed by atoms with E-state index in [9.17, 15) is 9.90 Å². The summed E-state index contributed by atoms with van der Waals surface area (Å²) < 4.78 is 17.2. The number of hydrogen-bond acceptors (Lipinski definition) is 5. The molecule has 1 spiro atoms. The Hall–Kier alpha value is -1.79. The fourth-order valence-corrected chi connectivity index (χ4v) is 4.25. The molecule has 1 N–H and O–H groups in total. The van der Waals surface area contributed by atoms with Crippen molar-refractivity contribution < 1.29 is 24.1 Å². The van der Waals surface area contributed by atoms with Crippen LogP contribution < -0.4 is 9.47 Å². The molecule has 1 aromatic rings. The number of hydrogen-bond donors (Lipinski definition) is 1. The first kappa shape index (κ1) is 20.0. The SMILES string of the molecule is COc1cc2c(cc1OC)C1(CCN(C(=O)C(O)CC(C)C)CC1)OCC2. The van der Waals surface area contributed by atoms with E-state index in [-0.39, 0.29) is 11.8 Å². The fraction of sp³-hybridized carbons (Fsp3) is 0.667. The number of piperidine rings is 1. The maximum absolute atomic E-state index is 12.5. The maximum Gasteiger partial charge on any atom is 0.251 e. The van der Waals surface area contributed by atoms with E-state index in [1.165, 1.54) is 5.56 Å². The Kier molecular flexibility index (Phi) is 5.96. The van der Waals surface area contributed by atoms with E-state index in [1.807, 2.05) is 26.0 Å². The summed E-state index contributed by atoms with van der Waals surface area (Å²) in [5.74, 6) is 1.56. The first-order valence-electron chi connectivity index (χ1n) is 9.76. The minimum atomic E-state index is -0.914. The minimum Gasteiger partial charge on any atom is -0.493 e. The molecule has 1 unspecified atom stereocenters. The highest BCUT2D eigenvalue weighted by Crippen LogP contribution is 2.45. The van der Waals surface area contributed by atoms with Crippen molar-refractivity contribution in [1.82, 2.24) is 4.90 Å². The minimum absolute atomic E-state index is 0.165. The van der Waals surface area contributed by atoms with E-state index < -0.39 is 11.7 Å². The molecule has 1 fully saturated rings. The van der Waals surface area contributed by atoms with E-state index >= 15 is 0 Å². The molecule has 0 saturated carbocycles. The van der Waals surface area contributed by atoms with Crippen LogP contribution in [0.2, 0.25) is 0 Å².